The van der Waals surface area contributed by atoms with Gasteiger partial charge in [0.2, 0.25) is 5.82 Å². The molecule has 8 heteroatoms. The van der Waals surface area contributed by atoms with Crippen molar-refractivity contribution < 1.29 is 9.90 Å². The number of anilines is 1. The Hall–Kier alpha value is -2.12. The molecule has 0 saturated carbocycles. The molecule has 0 aromatic carbocycles. The molecule has 0 radical (unpaired) electrons. The number of aliphatic carboxylic acids is 1. The van der Waals surface area contributed by atoms with Crippen molar-refractivity contribution in [2.24, 2.45) is 11.3 Å². The molecule has 1 aromatic heterocycles. The van der Waals surface area contributed by atoms with E-state index in [4.69, 9.17) is 0 Å². The van der Waals surface area contributed by atoms with Gasteiger partial charge in [0, 0.05) is 13.1 Å². The van der Waals surface area contributed by atoms with Gasteiger partial charge in [0.25, 0.3) is 5.56 Å². The maximum absolute atomic E-state index is 11.7. The molecule has 1 aliphatic rings. The maximum atomic E-state index is 11.7. The highest BCUT2D eigenvalue weighted by atomic mass is 16.4. The van der Waals surface area contributed by atoms with Gasteiger partial charge < -0.3 is 10.0 Å². The van der Waals surface area contributed by atoms with E-state index < -0.39 is 22.6 Å². The van der Waals surface area contributed by atoms with Gasteiger partial charge in [-0.3, -0.25) is 14.6 Å². The highest BCUT2D eigenvalue weighted by molar-refractivity contribution is 5.77. The Morgan fingerprint density at radius 3 is 2.63 bits per heavy atom. The van der Waals surface area contributed by atoms with Crippen LogP contribution in [0, 0.1) is 11.3 Å². The molecular formula is C11H16N4O4. The number of hydrogen-bond acceptors (Lipinski definition) is 5. The second-order valence-corrected chi connectivity index (χ2v) is 5.12. The molecule has 3 N–H and O–H groups in total. The first kappa shape index (κ1) is 13.3. The van der Waals surface area contributed by atoms with Crippen LogP contribution in [-0.2, 0) is 4.79 Å². The number of carboxylic acids is 1. The molecule has 1 fully saturated rings. The van der Waals surface area contributed by atoms with E-state index in [1.54, 1.807) is 4.90 Å². The molecule has 19 heavy (non-hydrogen) atoms. The van der Waals surface area contributed by atoms with E-state index in [0.717, 1.165) is 0 Å². The first-order valence-electron chi connectivity index (χ1n) is 6.04. The fraction of sp³-hybridized carbons (Fsp3) is 0.636. The number of nitrogens with zero attached hydrogens (tertiary/aromatic N) is 2. The summed E-state index contributed by atoms with van der Waals surface area (Å²) in [5.41, 5.74) is -2.17. The minimum atomic E-state index is -0.885. The lowest BCUT2D eigenvalue weighted by Gasteiger charge is -2.28. The average Bonchev–Trinajstić information content (AvgIpc) is 2.75. The molecule has 0 amide bonds. The van der Waals surface area contributed by atoms with Crippen molar-refractivity contribution in [1.82, 2.24) is 15.2 Å². The number of H-pyrrole nitrogens is 2. The fourth-order valence-corrected chi connectivity index (χ4v) is 2.46. The summed E-state index contributed by atoms with van der Waals surface area (Å²) in [5.74, 6) is -0.869. The summed E-state index contributed by atoms with van der Waals surface area (Å²) in [7, 11) is 0. The number of rotatable bonds is 3. The molecule has 0 spiro atoms. The van der Waals surface area contributed by atoms with Crippen LogP contribution in [0.15, 0.2) is 9.59 Å². The quantitative estimate of drug-likeness (QED) is 0.673. The van der Waals surface area contributed by atoms with Gasteiger partial charge in [-0.2, -0.15) is 0 Å². The summed E-state index contributed by atoms with van der Waals surface area (Å²) in [6.45, 7) is 4.33. The van der Waals surface area contributed by atoms with E-state index in [2.05, 4.69) is 15.2 Å². The summed E-state index contributed by atoms with van der Waals surface area (Å²) in [4.78, 5) is 37.7. The predicted octanol–water partition coefficient (Wildman–Crippen LogP) is -0.605. The zero-order chi connectivity index (χ0) is 14.2. The van der Waals surface area contributed by atoms with E-state index in [9.17, 15) is 19.5 Å². The highest BCUT2D eigenvalue weighted by Crippen LogP contribution is 2.38. The van der Waals surface area contributed by atoms with Crippen LogP contribution >= 0.6 is 0 Å². The van der Waals surface area contributed by atoms with Crippen LogP contribution in [0.3, 0.4) is 0 Å². The Balaban J connectivity index is 2.34. The van der Waals surface area contributed by atoms with Crippen molar-refractivity contribution >= 4 is 11.8 Å². The minimum Gasteiger partial charge on any atom is -0.481 e. The highest BCUT2D eigenvalue weighted by Gasteiger charge is 2.48. The summed E-state index contributed by atoms with van der Waals surface area (Å²) in [6.07, 6.45) is 0.445. The van der Waals surface area contributed by atoms with E-state index in [1.807, 2.05) is 13.8 Å². The summed E-state index contributed by atoms with van der Waals surface area (Å²) >= 11 is 0. The lowest BCUT2D eigenvalue weighted by molar-refractivity contribution is -0.150. The Morgan fingerprint density at radius 2 is 2.16 bits per heavy atom. The number of carbonyl (C=O) groups is 1. The van der Waals surface area contributed by atoms with Crippen LogP contribution in [0.25, 0.3) is 0 Å². The summed E-state index contributed by atoms with van der Waals surface area (Å²) in [5, 5.41) is 15.3. The molecule has 1 atom stereocenters. The van der Waals surface area contributed by atoms with Gasteiger partial charge in [-0.15, -0.1) is 5.10 Å². The van der Waals surface area contributed by atoms with Crippen molar-refractivity contribution in [3.05, 3.63) is 20.8 Å². The molecule has 104 valence electrons. The van der Waals surface area contributed by atoms with Crippen LogP contribution in [-0.4, -0.2) is 39.3 Å². The predicted molar refractivity (Wildman–Crippen MR) is 67.2 cm³/mol. The SMILES string of the molecule is CC(C)C1(C(=O)O)CCN(c2n[nH]c(=O)[nH]c2=O)C1. The third-order valence-electron chi connectivity index (χ3n) is 3.82. The smallest absolute Gasteiger partial charge is 0.342 e. The van der Waals surface area contributed by atoms with Gasteiger partial charge in [0.1, 0.15) is 0 Å². The third-order valence-corrected chi connectivity index (χ3v) is 3.82. The van der Waals surface area contributed by atoms with E-state index in [-0.39, 0.29) is 18.3 Å². The Morgan fingerprint density at radius 1 is 1.47 bits per heavy atom. The van der Waals surface area contributed by atoms with Crippen LogP contribution in [0.1, 0.15) is 20.3 Å². The Bertz CT molecular complexity index is 605. The van der Waals surface area contributed by atoms with Crippen molar-refractivity contribution in [3.63, 3.8) is 0 Å². The molecule has 1 unspecified atom stereocenters. The molecule has 0 bridgehead atoms. The van der Waals surface area contributed by atoms with Crippen LogP contribution < -0.4 is 16.1 Å². The molecule has 2 heterocycles. The van der Waals surface area contributed by atoms with Gasteiger partial charge in [0.15, 0.2) is 0 Å². The lowest BCUT2D eigenvalue weighted by Crippen LogP contribution is -2.41. The van der Waals surface area contributed by atoms with Gasteiger partial charge in [-0.1, -0.05) is 13.8 Å². The second kappa shape index (κ2) is 4.52. The van der Waals surface area contributed by atoms with Crippen molar-refractivity contribution in [1.29, 1.82) is 0 Å². The van der Waals surface area contributed by atoms with Gasteiger partial charge in [0.05, 0.1) is 5.41 Å². The molecular weight excluding hydrogens is 252 g/mol. The van der Waals surface area contributed by atoms with Crippen molar-refractivity contribution in [2.75, 3.05) is 18.0 Å². The molecule has 2 rings (SSSR count). The first-order valence-corrected chi connectivity index (χ1v) is 6.04. The largest absolute Gasteiger partial charge is 0.481 e. The summed E-state index contributed by atoms with van der Waals surface area (Å²) in [6, 6.07) is 0. The Labute approximate surface area is 108 Å². The van der Waals surface area contributed by atoms with Crippen LogP contribution in [0.5, 0.6) is 0 Å². The Kier molecular flexibility index (Phi) is 3.17. The maximum Gasteiger partial charge on any atom is 0.342 e. The molecule has 0 aliphatic carbocycles. The van der Waals surface area contributed by atoms with E-state index >= 15 is 0 Å². The van der Waals surface area contributed by atoms with Gasteiger partial charge >= 0.3 is 11.7 Å². The normalized spacial score (nSPS) is 23.0. The van der Waals surface area contributed by atoms with Gasteiger partial charge in [-0.05, 0) is 12.3 Å². The standard InChI is InChI=1S/C11H16N4O4/c1-6(2)11(9(17)18)3-4-15(5-11)7-8(16)12-10(19)14-13-7/h6H,3-5H2,1-2H3,(H,17,18)(H2,12,14,16,19). The topological polar surface area (TPSA) is 119 Å². The number of nitrogens with one attached hydrogen (secondary N) is 2. The van der Waals surface area contributed by atoms with Crippen LogP contribution in [0.2, 0.25) is 0 Å². The van der Waals surface area contributed by atoms with E-state index in [0.29, 0.717) is 13.0 Å². The lowest BCUT2D eigenvalue weighted by atomic mass is 9.76. The zero-order valence-corrected chi connectivity index (χ0v) is 10.8. The number of hydrogen-bond donors (Lipinski definition) is 3. The first-order chi connectivity index (χ1) is 8.86. The van der Waals surface area contributed by atoms with Crippen LogP contribution in [0.4, 0.5) is 5.82 Å². The third kappa shape index (κ3) is 2.13. The fourth-order valence-electron chi connectivity index (χ4n) is 2.46. The molecule has 8 nitrogen and oxygen atoms in total. The second-order valence-electron chi connectivity index (χ2n) is 5.12. The minimum absolute atomic E-state index is 0.0585. The van der Waals surface area contributed by atoms with Gasteiger partial charge in [-0.25, -0.2) is 9.89 Å². The molecule has 1 saturated heterocycles. The number of aromatic amines is 2. The van der Waals surface area contributed by atoms with Crippen molar-refractivity contribution in [2.45, 2.75) is 20.3 Å². The summed E-state index contributed by atoms with van der Waals surface area (Å²) < 4.78 is 0. The number of aromatic nitrogens is 3. The molecule has 1 aliphatic heterocycles. The number of carboxylic acid groups (broad SMARTS) is 1. The van der Waals surface area contributed by atoms with Crippen molar-refractivity contribution in [3.8, 4) is 0 Å². The monoisotopic (exact) mass is 268 g/mol. The molecule has 1 aromatic rings. The average molecular weight is 268 g/mol. The zero-order valence-electron chi connectivity index (χ0n) is 10.8. The van der Waals surface area contributed by atoms with E-state index in [1.165, 1.54) is 0 Å².